The van der Waals surface area contributed by atoms with Gasteiger partial charge in [-0.15, -0.1) is 0 Å². The van der Waals surface area contributed by atoms with Crippen molar-refractivity contribution in [1.82, 2.24) is 0 Å². The molecular weight excluding hydrogens is 254 g/mol. The molecular formula is C16H19NOS. The lowest BCUT2D eigenvalue weighted by atomic mass is 10.1. The smallest absolute Gasteiger partial charge is 0.152 e. The predicted octanol–water partition coefficient (Wildman–Crippen LogP) is 3.72. The molecule has 2 nitrogen and oxygen atoms in total. The highest BCUT2D eigenvalue weighted by Crippen LogP contribution is 2.22. The van der Waals surface area contributed by atoms with Gasteiger partial charge < -0.3 is 0 Å². The van der Waals surface area contributed by atoms with Crippen molar-refractivity contribution in [2.45, 2.75) is 25.2 Å². The fraction of sp³-hybridized carbons (Fsp3) is 0.250. The minimum absolute atomic E-state index is 0.823. The summed E-state index contributed by atoms with van der Waals surface area (Å²) in [5.74, 6) is 0. The van der Waals surface area contributed by atoms with Crippen molar-refractivity contribution in [3.8, 4) is 0 Å². The Labute approximate surface area is 117 Å². The number of nitrogens with zero attached hydrogens (tertiary/aromatic N) is 1. The molecule has 0 N–H and O–H groups in total. The Morgan fingerprint density at radius 2 is 1.79 bits per heavy atom. The van der Waals surface area contributed by atoms with Crippen molar-refractivity contribution in [1.29, 1.82) is 0 Å². The summed E-state index contributed by atoms with van der Waals surface area (Å²) in [6, 6.07) is 15.8. The van der Waals surface area contributed by atoms with Crippen molar-refractivity contribution in [2.24, 2.45) is 0 Å². The maximum atomic E-state index is 12.5. The van der Waals surface area contributed by atoms with Gasteiger partial charge in [0.2, 0.25) is 0 Å². The fourth-order valence-electron chi connectivity index (χ4n) is 2.03. The van der Waals surface area contributed by atoms with Gasteiger partial charge in [-0.2, -0.15) is 0 Å². The van der Waals surface area contributed by atoms with Crippen LogP contribution in [0.3, 0.4) is 0 Å². The van der Waals surface area contributed by atoms with Gasteiger partial charge in [-0.05, 0) is 48.7 Å². The minimum atomic E-state index is -1.16. The Morgan fingerprint density at radius 3 is 2.42 bits per heavy atom. The molecule has 0 amide bonds. The number of rotatable bonds is 4. The van der Waals surface area contributed by atoms with E-state index < -0.39 is 11.0 Å². The molecule has 0 aliphatic carbocycles. The van der Waals surface area contributed by atoms with Crippen LogP contribution in [0.5, 0.6) is 0 Å². The average molecular weight is 273 g/mol. The summed E-state index contributed by atoms with van der Waals surface area (Å²) < 4.78 is 14.3. The van der Waals surface area contributed by atoms with Gasteiger partial charge in [0.15, 0.2) is 11.0 Å². The molecule has 2 aromatic rings. The van der Waals surface area contributed by atoms with Crippen LogP contribution in [0, 0.1) is 6.92 Å². The van der Waals surface area contributed by atoms with E-state index in [1.165, 1.54) is 11.1 Å². The molecule has 0 bridgehead atoms. The third kappa shape index (κ3) is 3.04. The largest absolute Gasteiger partial charge is 0.291 e. The average Bonchev–Trinajstić information content (AvgIpc) is 2.47. The molecule has 0 radical (unpaired) electrons. The zero-order valence-electron chi connectivity index (χ0n) is 11.6. The summed E-state index contributed by atoms with van der Waals surface area (Å²) in [4.78, 5) is 0.823. The zero-order chi connectivity index (χ0) is 13.8. The Hall–Kier alpha value is -1.61. The normalized spacial score (nSPS) is 12.2. The number of hydrogen-bond acceptors (Lipinski definition) is 1. The minimum Gasteiger partial charge on any atom is -0.291 e. The van der Waals surface area contributed by atoms with Gasteiger partial charge in [0, 0.05) is 12.7 Å². The van der Waals surface area contributed by atoms with Gasteiger partial charge in [-0.1, -0.05) is 31.2 Å². The molecule has 19 heavy (non-hydrogen) atoms. The predicted molar refractivity (Wildman–Crippen MR) is 81.8 cm³/mol. The standard InChI is InChI=1S/C16H19NOS/c1-4-14-12-15(11-10-13(14)2)17(3)19(18)16-8-6-5-7-9-16/h5-12H,4H2,1-3H3. The molecule has 0 spiro atoms. The Kier molecular flexibility index (Phi) is 4.38. The number of aryl methyl sites for hydroxylation is 2. The maximum Gasteiger partial charge on any atom is 0.152 e. The van der Waals surface area contributed by atoms with Crippen LogP contribution in [0.15, 0.2) is 53.4 Å². The first kappa shape index (κ1) is 13.8. The van der Waals surface area contributed by atoms with Crippen LogP contribution in [0.1, 0.15) is 18.1 Å². The van der Waals surface area contributed by atoms with E-state index in [4.69, 9.17) is 0 Å². The van der Waals surface area contributed by atoms with E-state index in [-0.39, 0.29) is 0 Å². The third-order valence-electron chi connectivity index (χ3n) is 3.27. The molecule has 0 aromatic heterocycles. The lowest BCUT2D eigenvalue weighted by Gasteiger charge is -2.19. The fourth-order valence-corrected chi connectivity index (χ4v) is 3.04. The first-order valence-electron chi connectivity index (χ1n) is 6.43. The molecule has 2 rings (SSSR count). The second kappa shape index (κ2) is 6.02. The Morgan fingerprint density at radius 1 is 1.11 bits per heavy atom. The van der Waals surface area contributed by atoms with Crippen LogP contribution in [0.2, 0.25) is 0 Å². The van der Waals surface area contributed by atoms with Gasteiger partial charge in [0.1, 0.15) is 0 Å². The second-order valence-electron chi connectivity index (χ2n) is 4.52. The number of benzene rings is 2. The number of hydrogen-bond donors (Lipinski definition) is 0. The van der Waals surface area contributed by atoms with Gasteiger partial charge in [-0.25, -0.2) is 4.21 Å². The third-order valence-corrected chi connectivity index (χ3v) is 4.65. The van der Waals surface area contributed by atoms with E-state index in [0.717, 1.165) is 17.0 Å². The van der Waals surface area contributed by atoms with Gasteiger partial charge >= 0.3 is 0 Å². The van der Waals surface area contributed by atoms with Gasteiger partial charge in [0.25, 0.3) is 0 Å². The molecule has 0 aliphatic heterocycles. The highest BCUT2D eigenvalue weighted by molar-refractivity contribution is 7.86. The molecule has 0 saturated heterocycles. The molecule has 1 atom stereocenters. The molecule has 3 heteroatoms. The monoisotopic (exact) mass is 273 g/mol. The van der Waals surface area contributed by atoms with Crippen LogP contribution in [0.25, 0.3) is 0 Å². The lowest BCUT2D eigenvalue weighted by molar-refractivity contribution is 0.682. The molecule has 0 saturated carbocycles. The SMILES string of the molecule is CCc1cc(N(C)S(=O)c2ccccc2)ccc1C. The van der Waals surface area contributed by atoms with Crippen molar-refractivity contribution >= 4 is 16.7 Å². The first-order valence-corrected chi connectivity index (χ1v) is 7.54. The van der Waals surface area contributed by atoms with Crippen LogP contribution in [0.4, 0.5) is 5.69 Å². The molecule has 0 heterocycles. The van der Waals surface area contributed by atoms with E-state index in [2.05, 4.69) is 26.0 Å². The van der Waals surface area contributed by atoms with Crippen LogP contribution < -0.4 is 4.31 Å². The zero-order valence-corrected chi connectivity index (χ0v) is 12.4. The van der Waals surface area contributed by atoms with Crippen LogP contribution in [-0.4, -0.2) is 11.3 Å². The topological polar surface area (TPSA) is 20.3 Å². The lowest BCUT2D eigenvalue weighted by Crippen LogP contribution is -2.20. The van der Waals surface area contributed by atoms with Gasteiger partial charge in [-0.3, -0.25) is 4.31 Å². The summed E-state index contributed by atoms with van der Waals surface area (Å²) in [5.41, 5.74) is 3.57. The van der Waals surface area contributed by atoms with E-state index in [0.29, 0.717) is 0 Å². The highest BCUT2D eigenvalue weighted by Gasteiger charge is 2.12. The second-order valence-corrected chi connectivity index (χ2v) is 6.04. The quantitative estimate of drug-likeness (QED) is 0.831. The van der Waals surface area contributed by atoms with Crippen molar-refractivity contribution < 1.29 is 4.21 Å². The van der Waals surface area contributed by atoms with E-state index in [9.17, 15) is 4.21 Å². The van der Waals surface area contributed by atoms with E-state index in [1.807, 2.05) is 47.8 Å². The number of anilines is 1. The molecule has 0 fully saturated rings. The highest BCUT2D eigenvalue weighted by atomic mass is 32.2. The van der Waals surface area contributed by atoms with E-state index >= 15 is 0 Å². The summed E-state index contributed by atoms with van der Waals surface area (Å²) in [7, 11) is 0.706. The Balaban J connectivity index is 2.29. The van der Waals surface area contributed by atoms with Crippen molar-refractivity contribution in [2.75, 3.05) is 11.4 Å². The van der Waals surface area contributed by atoms with Gasteiger partial charge in [0.05, 0.1) is 4.90 Å². The first-order chi connectivity index (χ1) is 9.13. The summed E-state index contributed by atoms with van der Waals surface area (Å²) in [6.07, 6.45) is 0.992. The molecule has 2 aromatic carbocycles. The molecule has 0 aliphatic rings. The van der Waals surface area contributed by atoms with E-state index in [1.54, 1.807) is 0 Å². The Bertz CT molecular complexity index is 581. The van der Waals surface area contributed by atoms with Crippen molar-refractivity contribution in [3.63, 3.8) is 0 Å². The molecule has 100 valence electrons. The summed E-state index contributed by atoms with van der Waals surface area (Å²) in [6.45, 7) is 4.25. The summed E-state index contributed by atoms with van der Waals surface area (Å²) in [5, 5.41) is 0. The maximum absolute atomic E-state index is 12.5. The van der Waals surface area contributed by atoms with Crippen LogP contribution >= 0.6 is 0 Å². The van der Waals surface area contributed by atoms with Crippen molar-refractivity contribution in [3.05, 3.63) is 59.7 Å². The molecule has 1 unspecified atom stereocenters. The van der Waals surface area contributed by atoms with Crippen LogP contribution in [-0.2, 0) is 17.4 Å². The summed E-state index contributed by atoms with van der Waals surface area (Å²) >= 11 is 0.